The molecule has 5 nitrogen and oxygen atoms in total. The maximum absolute atomic E-state index is 12.4. The molecule has 0 radical (unpaired) electrons. The molecule has 0 spiro atoms. The predicted molar refractivity (Wildman–Crippen MR) is 81.4 cm³/mol. The van der Waals surface area contributed by atoms with E-state index in [9.17, 15) is 4.79 Å². The molecule has 21 heavy (non-hydrogen) atoms. The third-order valence-electron chi connectivity index (χ3n) is 4.51. The van der Waals surface area contributed by atoms with E-state index in [1.54, 1.807) is 12.1 Å². The molecule has 0 atom stereocenters. The summed E-state index contributed by atoms with van der Waals surface area (Å²) < 4.78 is 0. The summed E-state index contributed by atoms with van der Waals surface area (Å²) in [6.45, 7) is 4.07. The Bertz CT molecular complexity index is 479. The Hall–Kier alpha value is -1.20. The first-order chi connectivity index (χ1) is 10.2. The highest BCUT2D eigenvalue weighted by atomic mass is 35.5. The Morgan fingerprint density at radius 3 is 2.38 bits per heavy atom. The van der Waals surface area contributed by atoms with Crippen molar-refractivity contribution in [1.82, 2.24) is 20.0 Å². The van der Waals surface area contributed by atoms with Gasteiger partial charge in [0, 0.05) is 19.1 Å². The molecule has 2 saturated heterocycles. The topological polar surface area (TPSA) is 49.3 Å². The monoisotopic (exact) mass is 308 g/mol. The van der Waals surface area contributed by atoms with Crippen molar-refractivity contribution in [3.63, 3.8) is 0 Å². The van der Waals surface area contributed by atoms with Gasteiger partial charge in [-0.25, -0.2) is 0 Å². The second kappa shape index (κ2) is 6.71. The smallest absolute Gasteiger partial charge is 0.274 e. The summed E-state index contributed by atoms with van der Waals surface area (Å²) in [5.74, 6) is -0.0312. The van der Waals surface area contributed by atoms with Crippen molar-refractivity contribution >= 4 is 17.5 Å². The highest BCUT2D eigenvalue weighted by molar-refractivity contribution is 6.29. The van der Waals surface area contributed by atoms with Crippen LogP contribution in [0.1, 0.15) is 42.6 Å². The minimum absolute atomic E-state index is 0.0312. The Balaban J connectivity index is 1.55. The van der Waals surface area contributed by atoms with E-state index in [0.717, 1.165) is 25.9 Å². The van der Waals surface area contributed by atoms with E-state index in [4.69, 9.17) is 11.6 Å². The van der Waals surface area contributed by atoms with Gasteiger partial charge in [0.2, 0.25) is 0 Å². The lowest BCUT2D eigenvalue weighted by Gasteiger charge is -2.40. The van der Waals surface area contributed by atoms with Gasteiger partial charge in [0.15, 0.2) is 10.8 Å². The number of rotatable bonds is 2. The molecule has 0 aliphatic carbocycles. The fourth-order valence-corrected chi connectivity index (χ4v) is 3.41. The summed E-state index contributed by atoms with van der Waals surface area (Å²) in [7, 11) is 0. The molecule has 3 rings (SSSR count). The average Bonchev–Trinajstić information content (AvgIpc) is 2.56. The van der Waals surface area contributed by atoms with Gasteiger partial charge in [-0.05, 0) is 50.9 Å². The second-order valence-electron chi connectivity index (χ2n) is 5.86. The molecule has 1 aromatic rings. The van der Waals surface area contributed by atoms with Gasteiger partial charge in [0.05, 0.1) is 0 Å². The van der Waals surface area contributed by atoms with Crippen LogP contribution < -0.4 is 0 Å². The molecule has 2 aliphatic heterocycles. The first-order valence-corrected chi connectivity index (χ1v) is 8.14. The van der Waals surface area contributed by atoms with Gasteiger partial charge in [-0.1, -0.05) is 18.0 Å². The summed E-state index contributed by atoms with van der Waals surface area (Å²) in [4.78, 5) is 16.9. The van der Waals surface area contributed by atoms with Gasteiger partial charge in [-0.15, -0.1) is 10.2 Å². The zero-order valence-electron chi connectivity index (χ0n) is 12.2. The van der Waals surface area contributed by atoms with Crippen molar-refractivity contribution in [3.8, 4) is 0 Å². The van der Waals surface area contributed by atoms with Crippen molar-refractivity contribution in [2.75, 3.05) is 26.2 Å². The lowest BCUT2D eigenvalue weighted by atomic mass is 10.00. The number of amides is 1. The molecule has 1 amide bonds. The largest absolute Gasteiger partial charge is 0.337 e. The number of halogens is 1. The van der Waals surface area contributed by atoms with Crippen LogP contribution in [0.15, 0.2) is 12.1 Å². The van der Waals surface area contributed by atoms with Crippen molar-refractivity contribution < 1.29 is 4.79 Å². The predicted octanol–water partition coefficient (Wildman–Crippen LogP) is 2.22. The lowest BCUT2D eigenvalue weighted by molar-refractivity contribution is 0.0584. The third-order valence-corrected chi connectivity index (χ3v) is 4.71. The summed E-state index contributed by atoms with van der Waals surface area (Å²) >= 11 is 5.70. The maximum atomic E-state index is 12.4. The zero-order chi connectivity index (χ0) is 14.7. The number of piperidine rings is 2. The van der Waals surface area contributed by atoms with Gasteiger partial charge < -0.3 is 9.80 Å². The molecule has 2 fully saturated rings. The molecule has 0 bridgehead atoms. The molecule has 0 saturated carbocycles. The van der Waals surface area contributed by atoms with Crippen LogP contribution in [0.3, 0.4) is 0 Å². The van der Waals surface area contributed by atoms with Gasteiger partial charge in [-0.3, -0.25) is 4.79 Å². The van der Waals surface area contributed by atoms with Crippen LogP contribution in [-0.2, 0) is 0 Å². The molecule has 114 valence electrons. The minimum atomic E-state index is -0.0312. The van der Waals surface area contributed by atoms with E-state index in [0.29, 0.717) is 16.9 Å². The van der Waals surface area contributed by atoms with Crippen LogP contribution >= 0.6 is 11.6 Å². The number of aromatic nitrogens is 2. The van der Waals surface area contributed by atoms with Crippen LogP contribution in [0.4, 0.5) is 0 Å². The van der Waals surface area contributed by atoms with E-state index in [1.807, 2.05) is 4.90 Å². The first kappa shape index (κ1) is 14.7. The van der Waals surface area contributed by atoms with Crippen LogP contribution in [0, 0.1) is 0 Å². The van der Waals surface area contributed by atoms with Crippen molar-refractivity contribution in [2.24, 2.45) is 0 Å². The number of hydrogen-bond acceptors (Lipinski definition) is 4. The van der Waals surface area contributed by atoms with Gasteiger partial charge >= 0.3 is 0 Å². The van der Waals surface area contributed by atoms with Crippen LogP contribution in [-0.4, -0.2) is 58.1 Å². The van der Waals surface area contributed by atoms with E-state index in [-0.39, 0.29) is 5.91 Å². The summed E-state index contributed by atoms with van der Waals surface area (Å²) in [6.07, 6.45) is 6.13. The SMILES string of the molecule is O=C(c1ccc(Cl)nn1)N1CCC(N2CCCCC2)CC1. The van der Waals surface area contributed by atoms with Gasteiger partial charge in [0.1, 0.15) is 0 Å². The van der Waals surface area contributed by atoms with Crippen LogP contribution in [0.2, 0.25) is 5.15 Å². The number of nitrogens with zero attached hydrogens (tertiary/aromatic N) is 4. The quantitative estimate of drug-likeness (QED) is 0.840. The van der Waals surface area contributed by atoms with E-state index in [1.165, 1.54) is 32.4 Å². The maximum Gasteiger partial charge on any atom is 0.274 e. The van der Waals surface area contributed by atoms with E-state index >= 15 is 0 Å². The van der Waals surface area contributed by atoms with Crippen LogP contribution in [0.25, 0.3) is 0 Å². The van der Waals surface area contributed by atoms with Crippen LogP contribution in [0.5, 0.6) is 0 Å². The molecule has 0 aromatic carbocycles. The fraction of sp³-hybridized carbons (Fsp3) is 0.667. The lowest BCUT2D eigenvalue weighted by Crippen LogP contribution is -2.48. The summed E-state index contributed by atoms with van der Waals surface area (Å²) in [5, 5.41) is 7.94. The molecular weight excluding hydrogens is 288 g/mol. The van der Waals surface area contributed by atoms with Gasteiger partial charge in [0.25, 0.3) is 5.91 Å². The molecular formula is C15H21ClN4O. The first-order valence-electron chi connectivity index (χ1n) is 7.76. The number of carbonyl (C=O) groups is 1. The molecule has 0 unspecified atom stereocenters. The normalized spacial score (nSPS) is 21.5. The number of carbonyl (C=O) groups excluding carboxylic acids is 1. The van der Waals surface area contributed by atoms with E-state index < -0.39 is 0 Å². The number of likely N-dealkylation sites (tertiary alicyclic amines) is 2. The minimum Gasteiger partial charge on any atom is -0.337 e. The van der Waals surface area contributed by atoms with Gasteiger partial charge in [-0.2, -0.15) is 0 Å². The third kappa shape index (κ3) is 3.52. The Labute approximate surface area is 130 Å². The second-order valence-corrected chi connectivity index (χ2v) is 6.25. The Morgan fingerprint density at radius 1 is 1.05 bits per heavy atom. The van der Waals surface area contributed by atoms with Crippen molar-refractivity contribution in [2.45, 2.75) is 38.1 Å². The molecule has 0 N–H and O–H groups in total. The van der Waals surface area contributed by atoms with Crippen molar-refractivity contribution in [3.05, 3.63) is 23.0 Å². The standard InChI is InChI=1S/C15H21ClN4O/c16-14-5-4-13(17-18-14)15(21)20-10-6-12(7-11-20)19-8-2-1-3-9-19/h4-5,12H,1-3,6-11H2. The number of hydrogen-bond donors (Lipinski definition) is 0. The van der Waals surface area contributed by atoms with Crippen molar-refractivity contribution in [1.29, 1.82) is 0 Å². The summed E-state index contributed by atoms with van der Waals surface area (Å²) in [5.41, 5.74) is 0.385. The molecule has 3 heterocycles. The average molecular weight is 309 g/mol. The highest BCUT2D eigenvalue weighted by Gasteiger charge is 2.28. The fourth-order valence-electron chi connectivity index (χ4n) is 3.31. The molecule has 1 aromatic heterocycles. The van der Waals surface area contributed by atoms with E-state index in [2.05, 4.69) is 15.1 Å². The summed E-state index contributed by atoms with van der Waals surface area (Å²) in [6, 6.07) is 3.90. The highest BCUT2D eigenvalue weighted by Crippen LogP contribution is 2.21. The molecule has 2 aliphatic rings. The Kier molecular flexibility index (Phi) is 4.70. The Morgan fingerprint density at radius 2 is 1.76 bits per heavy atom. The zero-order valence-corrected chi connectivity index (χ0v) is 12.9. The molecule has 6 heteroatoms.